The van der Waals surface area contributed by atoms with Gasteiger partial charge in [-0.15, -0.1) is 0 Å². The molecule has 1 saturated heterocycles. The van der Waals surface area contributed by atoms with E-state index in [0.717, 1.165) is 28.4 Å². The fourth-order valence-electron chi connectivity index (χ4n) is 5.27. The van der Waals surface area contributed by atoms with Crippen molar-refractivity contribution >= 4 is 39.4 Å². The lowest BCUT2D eigenvalue weighted by Crippen LogP contribution is -2.62. The fourth-order valence-corrected chi connectivity index (χ4v) is 5.65. The first kappa shape index (κ1) is 18.6. The number of carbonyl (C=O) groups is 3. The van der Waals surface area contributed by atoms with Crippen LogP contribution in [0.2, 0.25) is 0 Å². The van der Waals surface area contributed by atoms with Gasteiger partial charge in [0.05, 0.1) is 11.1 Å². The molecule has 0 radical (unpaired) electrons. The number of fused-ring (bicyclic) bond motifs is 4. The van der Waals surface area contributed by atoms with Crippen molar-refractivity contribution in [2.45, 2.75) is 38.5 Å². The van der Waals surface area contributed by atoms with E-state index in [4.69, 9.17) is 4.74 Å². The summed E-state index contributed by atoms with van der Waals surface area (Å²) in [6.07, 6.45) is 3.15. The van der Waals surface area contributed by atoms with Crippen LogP contribution in [0.4, 0.5) is 5.69 Å². The van der Waals surface area contributed by atoms with Gasteiger partial charge in [0, 0.05) is 16.0 Å². The van der Waals surface area contributed by atoms with Gasteiger partial charge in [0.2, 0.25) is 11.8 Å². The Morgan fingerprint density at radius 2 is 1.72 bits per heavy atom. The zero-order valence-electron chi connectivity index (χ0n) is 16.0. The SMILES string of the molecule is Cc1ccc(N2C(=O)[C@@H]3C(=O)Oc4ccc(Br)cc4[C@H]3C3(CCCC3)C2=O)cc1. The number of anilines is 1. The molecule has 6 heteroatoms. The monoisotopic (exact) mass is 453 g/mol. The minimum absolute atomic E-state index is 0.189. The van der Waals surface area contributed by atoms with Crippen LogP contribution < -0.4 is 9.64 Å². The van der Waals surface area contributed by atoms with Gasteiger partial charge in [0.1, 0.15) is 11.7 Å². The number of amides is 2. The summed E-state index contributed by atoms with van der Waals surface area (Å²) in [5.41, 5.74) is 1.56. The molecule has 1 saturated carbocycles. The van der Waals surface area contributed by atoms with Crippen molar-refractivity contribution in [2.24, 2.45) is 11.3 Å². The van der Waals surface area contributed by atoms with Crippen molar-refractivity contribution in [3.05, 3.63) is 58.1 Å². The molecule has 0 aromatic heterocycles. The minimum Gasteiger partial charge on any atom is -0.426 e. The molecular weight excluding hydrogens is 434 g/mol. The molecule has 2 aromatic carbocycles. The molecule has 1 aliphatic carbocycles. The van der Waals surface area contributed by atoms with Crippen molar-refractivity contribution in [1.29, 1.82) is 0 Å². The van der Waals surface area contributed by atoms with E-state index in [2.05, 4.69) is 15.9 Å². The number of benzene rings is 2. The highest BCUT2D eigenvalue weighted by atomic mass is 79.9. The molecule has 1 spiro atoms. The number of rotatable bonds is 1. The predicted octanol–water partition coefficient (Wildman–Crippen LogP) is 4.51. The maximum atomic E-state index is 13.8. The molecule has 2 fully saturated rings. The van der Waals surface area contributed by atoms with Crippen molar-refractivity contribution in [1.82, 2.24) is 0 Å². The number of imide groups is 1. The molecule has 5 nitrogen and oxygen atoms in total. The van der Waals surface area contributed by atoms with Gasteiger partial charge in [0.25, 0.3) is 0 Å². The van der Waals surface area contributed by atoms with Crippen molar-refractivity contribution < 1.29 is 19.1 Å². The zero-order valence-corrected chi connectivity index (χ0v) is 17.6. The number of nitrogens with zero attached hydrogens (tertiary/aromatic N) is 1. The Morgan fingerprint density at radius 1 is 1.03 bits per heavy atom. The number of piperidine rings is 1. The van der Waals surface area contributed by atoms with E-state index in [0.29, 0.717) is 24.3 Å². The molecule has 2 aliphatic heterocycles. The van der Waals surface area contributed by atoms with E-state index >= 15 is 0 Å². The Morgan fingerprint density at radius 3 is 2.41 bits per heavy atom. The first-order chi connectivity index (χ1) is 13.9. The highest BCUT2D eigenvalue weighted by molar-refractivity contribution is 9.10. The van der Waals surface area contributed by atoms with Crippen LogP contribution in [0.25, 0.3) is 0 Å². The van der Waals surface area contributed by atoms with Gasteiger partial charge in [-0.2, -0.15) is 0 Å². The lowest BCUT2D eigenvalue weighted by atomic mass is 9.60. The van der Waals surface area contributed by atoms with Crippen LogP contribution in [0.15, 0.2) is 46.9 Å². The Kier molecular flexibility index (Phi) is 4.17. The van der Waals surface area contributed by atoms with Crippen LogP contribution in [0.3, 0.4) is 0 Å². The average Bonchev–Trinajstić information content (AvgIpc) is 3.18. The third-order valence-electron chi connectivity index (χ3n) is 6.60. The number of aryl methyl sites for hydroxylation is 1. The lowest BCUT2D eigenvalue weighted by molar-refractivity contribution is -0.155. The quantitative estimate of drug-likeness (QED) is 0.275. The fraction of sp³-hybridized carbons (Fsp3) is 0.348. The van der Waals surface area contributed by atoms with E-state index in [-0.39, 0.29) is 5.91 Å². The van der Waals surface area contributed by atoms with Gasteiger partial charge < -0.3 is 4.74 Å². The van der Waals surface area contributed by atoms with Crippen LogP contribution in [0.1, 0.15) is 42.7 Å². The van der Waals surface area contributed by atoms with Gasteiger partial charge in [-0.25, -0.2) is 4.90 Å². The standard InChI is InChI=1S/C23H20BrNO4/c1-13-4-7-15(8-5-13)25-20(26)18-19(23(22(25)28)10-2-3-11-23)16-12-14(24)6-9-17(16)29-21(18)27/h4-9,12,18-19H,2-3,10-11H2,1H3/t18-,19-/m1/s1. The molecule has 5 rings (SSSR count). The zero-order chi connectivity index (χ0) is 20.3. The minimum atomic E-state index is -1.01. The third kappa shape index (κ3) is 2.61. The van der Waals surface area contributed by atoms with E-state index in [9.17, 15) is 14.4 Å². The second kappa shape index (κ2) is 6.52. The highest BCUT2D eigenvalue weighted by Crippen LogP contribution is 2.59. The molecule has 2 aromatic rings. The first-order valence-corrected chi connectivity index (χ1v) is 10.7. The highest BCUT2D eigenvalue weighted by Gasteiger charge is 2.64. The Labute approximate surface area is 177 Å². The smallest absolute Gasteiger partial charge is 0.324 e. The van der Waals surface area contributed by atoms with Gasteiger partial charge in [-0.3, -0.25) is 14.4 Å². The molecule has 0 unspecified atom stereocenters. The van der Waals surface area contributed by atoms with Crippen molar-refractivity contribution in [2.75, 3.05) is 4.90 Å². The number of hydrogen-bond donors (Lipinski definition) is 0. The van der Waals surface area contributed by atoms with Gasteiger partial charge in [-0.1, -0.05) is 46.5 Å². The molecule has 0 bridgehead atoms. The van der Waals surface area contributed by atoms with Crippen LogP contribution in [0, 0.1) is 18.3 Å². The Bertz CT molecular complexity index is 1040. The average molecular weight is 454 g/mol. The molecule has 2 amide bonds. The third-order valence-corrected chi connectivity index (χ3v) is 7.10. The van der Waals surface area contributed by atoms with Crippen molar-refractivity contribution in [3.8, 4) is 5.75 Å². The summed E-state index contributed by atoms with van der Waals surface area (Å²) >= 11 is 3.48. The first-order valence-electron chi connectivity index (χ1n) is 9.88. The van der Waals surface area contributed by atoms with E-state index in [1.54, 1.807) is 24.3 Å². The number of hydrogen-bond acceptors (Lipinski definition) is 4. The Hall–Kier alpha value is -2.47. The second-order valence-electron chi connectivity index (χ2n) is 8.24. The van der Waals surface area contributed by atoms with Crippen LogP contribution in [-0.2, 0) is 14.4 Å². The van der Waals surface area contributed by atoms with Gasteiger partial charge >= 0.3 is 5.97 Å². The van der Waals surface area contributed by atoms with E-state index in [1.165, 1.54) is 4.90 Å². The molecule has 2 heterocycles. The molecule has 29 heavy (non-hydrogen) atoms. The maximum Gasteiger partial charge on any atom is 0.324 e. The Balaban J connectivity index is 1.71. The van der Waals surface area contributed by atoms with Crippen molar-refractivity contribution in [3.63, 3.8) is 0 Å². The van der Waals surface area contributed by atoms with Gasteiger partial charge in [-0.05, 0) is 50.1 Å². The largest absolute Gasteiger partial charge is 0.426 e. The summed E-state index contributed by atoms with van der Waals surface area (Å²) in [5, 5.41) is 0. The number of ether oxygens (including phenoxy) is 1. The summed E-state index contributed by atoms with van der Waals surface area (Å²) in [5.74, 6) is -2.28. The summed E-state index contributed by atoms with van der Waals surface area (Å²) in [7, 11) is 0. The molecule has 2 atom stereocenters. The number of esters is 1. The number of halogens is 1. The molecule has 3 aliphatic rings. The molecule has 0 N–H and O–H groups in total. The predicted molar refractivity (Wildman–Crippen MR) is 111 cm³/mol. The summed E-state index contributed by atoms with van der Waals surface area (Å²) in [6.45, 7) is 1.95. The topological polar surface area (TPSA) is 63.7 Å². The second-order valence-corrected chi connectivity index (χ2v) is 9.15. The van der Waals surface area contributed by atoms with Crippen LogP contribution in [-0.4, -0.2) is 17.8 Å². The summed E-state index contributed by atoms with van der Waals surface area (Å²) in [4.78, 5) is 41.5. The van der Waals surface area contributed by atoms with Crippen LogP contribution in [0.5, 0.6) is 5.75 Å². The molecular formula is C23H20BrNO4. The number of carbonyl (C=O) groups excluding carboxylic acids is 3. The van der Waals surface area contributed by atoms with Crippen LogP contribution >= 0.6 is 15.9 Å². The lowest BCUT2D eigenvalue weighted by Gasteiger charge is -2.49. The maximum absolute atomic E-state index is 13.8. The summed E-state index contributed by atoms with van der Waals surface area (Å²) < 4.78 is 6.38. The van der Waals surface area contributed by atoms with Gasteiger partial charge in [0.15, 0.2) is 0 Å². The van der Waals surface area contributed by atoms with E-state index in [1.807, 2.05) is 25.1 Å². The summed E-state index contributed by atoms with van der Waals surface area (Å²) in [6, 6.07) is 12.7. The normalized spacial score (nSPS) is 25.0. The van der Waals surface area contributed by atoms with E-state index < -0.39 is 29.1 Å². The molecule has 148 valence electrons.